The van der Waals surface area contributed by atoms with Gasteiger partial charge in [0.1, 0.15) is 0 Å². The first-order valence-electron chi connectivity index (χ1n) is 6.08. The van der Waals surface area contributed by atoms with E-state index in [1.54, 1.807) is 0 Å². The first-order valence-corrected chi connectivity index (χ1v) is 6.08. The molecule has 1 atom stereocenters. The van der Waals surface area contributed by atoms with E-state index in [-0.39, 0.29) is 0 Å². The molecule has 2 nitrogen and oxygen atoms in total. The topological polar surface area (TPSA) is 6.48 Å². The highest BCUT2D eigenvalue weighted by Crippen LogP contribution is 2.42. The summed E-state index contributed by atoms with van der Waals surface area (Å²) in [6.07, 6.45) is 4.28. The Bertz CT molecular complexity index is 182. The van der Waals surface area contributed by atoms with E-state index in [0.717, 1.165) is 6.04 Å². The summed E-state index contributed by atoms with van der Waals surface area (Å²) in [5.41, 5.74) is 0.680. The van der Waals surface area contributed by atoms with Gasteiger partial charge >= 0.3 is 0 Å². The maximum absolute atomic E-state index is 2.59. The van der Waals surface area contributed by atoms with Gasteiger partial charge in [0.2, 0.25) is 0 Å². The summed E-state index contributed by atoms with van der Waals surface area (Å²) in [5, 5.41) is 0. The third-order valence-electron chi connectivity index (χ3n) is 4.43. The molecular formula is C12H24N2. The van der Waals surface area contributed by atoms with Crippen LogP contribution in [-0.2, 0) is 0 Å². The van der Waals surface area contributed by atoms with Gasteiger partial charge in [0, 0.05) is 12.6 Å². The molecule has 2 fully saturated rings. The highest BCUT2D eigenvalue weighted by Gasteiger charge is 2.42. The molecule has 2 aliphatic heterocycles. The molecule has 2 saturated heterocycles. The van der Waals surface area contributed by atoms with Crippen LogP contribution in [0.3, 0.4) is 0 Å². The predicted octanol–water partition coefficient (Wildman–Crippen LogP) is 1.81. The molecule has 2 aliphatic rings. The lowest BCUT2D eigenvalue weighted by Crippen LogP contribution is -2.41. The molecule has 0 bridgehead atoms. The van der Waals surface area contributed by atoms with Crippen molar-refractivity contribution in [1.29, 1.82) is 0 Å². The highest BCUT2D eigenvalue weighted by atomic mass is 15.2. The number of rotatable bonds is 1. The van der Waals surface area contributed by atoms with E-state index >= 15 is 0 Å². The number of nitrogens with zero attached hydrogens (tertiary/aromatic N) is 2. The minimum Gasteiger partial charge on any atom is -0.304 e. The molecule has 0 aromatic carbocycles. The van der Waals surface area contributed by atoms with Crippen LogP contribution in [0.25, 0.3) is 0 Å². The average Bonchev–Trinajstić information content (AvgIpc) is 2.44. The minimum absolute atomic E-state index is 0.680. The second kappa shape index (κ2) is 3.82. The van der Waals surface area contributed by atoms with E-state index in [9.17, 15) is 0 Å². The van der Waals surface area contributed by atoms with Crippen molar-refractivity contribution in [3.8, 4) is 0 Å². The first kappa shape index (κ1) is 10.4. The molecule has 0 unspecified atom stereocenters. The normalized spacial score (nSPS) is 34.1. The lowest BCUT2D eigenvalue weighted by molar-refractivity contribution is 0.115. The summed E-state index contributed by atoms with van der Waals surface area (Å²) in [4.78, 5) is 5.13. The molecule has 2 heteroatoms. The molecule has 14 heavy (non-hydrogen) atoms. The lowest BCUT2D eigenvalue weighted by atomic mass is 9.77. The van der Waals surface area contributed by atoms with E-state index in [1.807, 2.05) is 0 Å². The third kappa shape index (κ3) is 1.82. The standard InChI is InChI=1S/C12H24N2/c1-4-14-7-5-12(6-8-14)9-11(2)13(3)10-12/h11H,4-10H2,1-3H3/t11-/m0/s1. The summed E-state index contributed by atoms with van der Waals surface area (Å²) in [7, 11) is 2.28. The van der Waals surface area contributed by atoms with Gasteiger partial charge in [-0.15, -0.1) is 0 Å². The Labute approximate surface area is 88.3 Å². The largest absolute Gasteiger partial charge is 0.304 e. The van der Waals surface area contributed by atoms with Crippen LogP contribution in [0.2, 0.25) is 0 Å². The van der Waals surface area contributed by atoms with Gasteiger partial charge in [-0.3, -0.25) is 0 Å². The molecule has 0 aromatic heterocycles. The van der Waals surface area contributed by atoms with E-state index in [0.29, 0.717) is 5.41 Å². The van der Waals surface area contributed by atoms with Gasteiger partial charge in [-0.05, 0) is 58.3 Å². The van der Waals surface area contributed by atoms with Crippen molar-refractivity contribution in [3.63, 3.8) is 0 Å². The fourth-order valence-electron chi connectivity index (χ4n) is 3.24. The Morgan fingerprint density at radius 1 is 1.29 bits per heavy atom. The highest BCUT2D eigenvalue weighted by molar-refractivity contribution is 4.96. The van der Waals surface area contributed by atoms with E-state index < -0.39 is 0 Å². The molecule has 0 aliphatic carbocycles. The Morgan fingerprint density at radius 2 is 1.93 bits per heavy atom. The van der Waals surface area contributed by atoms with Gasteiger partial charge in [-0.2, -0.15) is 0 Å². The van der Waals surface area contributed by atoms with Gasteiger partial charge < -0.3 is 9.80 Å². The quantitative estimate of drug-likeness (QED) is 0.631. The van der Waals surface area contributed by atoms with Crippen molar-refractivity contribution in [2.75, 3.05) is 33.2 Å². The third-order valence-corrected chi connectivity index (χ3v) is 4.43. The lowest BCUT2D eigenvalue weighted by Gasteiger charge is -2.38. The number of likely N-dealkylation sites (tertiary alicyclic amines) is 2. The van der Waals surface area contributed by atoms with Crippen LogP contribution in [0.15, 0.2) is 0 Å². The zero-order valence-electron chi connectivity index (χ0n) is 9.92. The summed E-state index contributed by atoms with van der Waals surface area (Å²) in [5.74, 6) is 0. The predicted molar refractivity (Wildman–Crippen MR) is 60.5 cm³/mol. The van der Waals surface area contributed by atoms with E-state index in [4.69, 9.17) is 0 Å². The van der Waals surface area contributed by atoms with Crippen LogP contribution in [0.4, 0.5) is 0 Å². The second-order valence-corrected chi connectivity index (χ2v) is 5.40. The average molecular weight is 196 g/mol. The van der Waals surface area contributed by atoms with Gasteiger partial charge in [0.15, 0.2) is 0 Å². The Hall–Kier alpha value is -0.0800. The molecular weight excluding hydrogens is 172 g/mol. The maximum atomic E-state index is 2.59. The fraction of sp³-hybridized carbons (Fsp3) is 1.00. The van der Waals surface area contributed by atoms with Crippen LogP contribution in [-0.4, -0.2) is 49.1 Å². The Kier molecular flexibility index (Phi) is 2.85. The van der Waals surface area contributed by atoms with Crippen molar-refractivity contribution in [3.05, 3.63) is 0 Å². The maximum Gasteiger partial charge on any atom is 0.00698 e. The first-order chi connectivity index (χ1) is 6.65. The molecule has 0 N–H and O–H groups in total. The van der Waals surface area contributed by atoms with Crippen molar-refractivity contribution < 1.29 is 0 Å². The van der Waals surface area contributed by atoms with E-state index in [2.05, 4.69) is 30.7 Å². The smallest absolute Gasteiger partial charge is 0.00698 e. The number of hydrogen-bond acceptors (Lipinski definition) is 2. The van der Waals surface area contributed by atoms with Crippen molar-refractivity contribution >= 4 is 0 Å². The van der Waals surface area contributed by atoms with Crippen molar-refractivity contribution in [2.24, 2.45) is 5.41 Å². The monoisotopic (exact) mass is 196 g/mol. The van der Waals surface area contributed by atoms with Gasteiger partial charge in [0.05, 0.1) is 0 Å². The van der Waals surface area contributed by atoms with Crippen molar-refractivity contribution in [2.45, 2.75) is 39.2 Å². The summed E-state index contributed by atoms with van der Waals surface area (Å²) in [6.45, 7) is 9.89. The van der Waals surface area contributed by atoms with Crippen LogP contribution < -0.4 is 0 Å². The molecule has 2 rings (SSSR count). The van der Waals surface area contributed by atoms with E-state index in [1.165, 1.54) is 45.4 Å². The van der Waals surface area contributed by atoms with Gasteiger partial charge in [-0.25, -0.2) is 0 Å². The van der Waals surface area contributed by atoms with Crippen LogP contribution in [0.1, 0.15) is 33.1 Å². The number of piperidine rings is 1. The molecule has 0 amide bonds. The number of hydrogen-bond donors (Lipinski definition) is 0. The SMILES string of the molecule is CCN1CCC2(CC1)C[C@H](C)N(C)C2. The van der Waals surface area contributed by atoms with Crippen LogP contribution in [0.5, 0.6) is 0 Å². The molecule has 0 saturated carbocycles. The van der Waals surface area contributed by atoms with Crippen LogP contribution >= 0.6 is 0 Å². The Balaban J connectivity index is 1.94. The summed E-state index contributed by atoms with van der Waals surface area (Å²) >= 11 is 0. The fourth-order valence-corrected chi connectivity index (χ4v) is 3.24. The van der Waals surface area contributed by atoms with Gasteiger partial charge in [-0.1, -0.05) is 6.92 Å². The molecule has 0 radical (unpaired) electrons. The van der Waals surface area contributed by atoms with Crippen LogP contribution in [0, 0.1) is 5.41 Å². The Morgan fingerprint density at radius 3 is 2.36 bits per heavy atom. The zero-order valence-corrected chi connectivity index (χ0v) is 9.92. The molecule has 1 spiro atoms. The zero-order chi connectivity index (χ0) is 10.2. The second-order valence-electron chi connectivity index (χ2n) is 5.40. The minimum atomic E-state index is 0.680. The summed E-state index contributed by atoms with van der Waals surface area (Å²) in [6, 6.07) is 0.808. The summed E-state index contributed by atoms with van der Waals surface area (Å²) < 4.78 is 0. The molecule has 82 valence electrons. The molecule has 2 heterocycles. The van der Waals surface area contributed by atoms with Gasteiger partial charge in [0.25, 0.3) is 0 Å². The molecule has 0 aromatic rings. The van der Waals surface area contributed by atoms with Crippen molar-refractivity contribution in [1.82, 2.24) is 9.80 Å².